The minimum Gasteiger partial charge on any atom is -0.493 e. The summed E-state index contributed by atoms with van der Waals surface area (Å²) in [6.07, 6.45) is 0. The van der Waals surface area contributed by atoms with Gasteiger partial charge in [-0.25, -0.2) is 0 Å². The van der Waals surface area contributed by atoms with Crippen molar-refractivity contribution in [3.05, 3.63) is 24.3 Å². The van der Waals surface area contributed by atoms with E-state index in [1.54, 1.807) is 20.3 Å². The van der Waals surface area contributed by atoms with Gasteiger partial charge in [-0.2, -0.15) is 0 Å². The Hall–Kier alpha value is -1.79. The molecule has 134 valence electrons. The van der Waals surface area contributed by atoms with E-state index in [9.17, 15) is 4.79 Å². The van der Waals surface area contributed by atoms with E-state index in [4.69, 9.17) is 14.2 Å². The third kappa shape index (κ3) is 4.61. The number of hydrogen-bond donors (Lipinski definition) is 0. The lowest BCUT2D eigenvalue weighted by atomic mass is 10.1. The zero-order valence-electron chi connectivity index (χ0n) is 15.0. The molecule has 0 saturated carbocycles. The van der Waals surface area contributed by atoms with Gasteiger partial charge >= 0.3 is 0 Å². The van der Waals surface area contributed by atoms with Gasteiger partial charge in [0.15, 0.2) is 18.1 Å². The molecule has 1 aromatic rings. The van der Waals surface area contributed by atoms with Crippen molar-refractivity contribution >= 4 is 5.91 Å². The van der Waals surface area contributed by atoms with E-state index in [-0.39, 0.29) is 12.5 Å². The van der Waals surface area contributed by atoms with Crippen molar-refractivity contribution in [2.45, 2.75) is 25.9 Å². The maximum absolute atomic E-state index is 12.5. The number of hydrogen-bond acceptors (Lipinski definition) is 5. The van der Waals surface area contributed by atoms with Gasteiger partial charge in [-0.05, 0) is 26.0 Å². The van der Waals surface area contributed by atoms with Gasteiger partial charge < -0.3 is 19.1 Å². The molecule has 0 radical (unpaired) electrons. The van der Waals surface area contributed by atoms with Crippen LogP contribution in [0, 0.1) is 0 Å². The predicted molar refractivity (Wildman–Crippen MR) is 92.6 cm³/mol. The van der Waals surface area contributed by atoms with E-state index in [0.29, 0.717) is 43.3 Å². The van der Waals surface area contributed by atoms with Crippen LogP contribution >= 0.6 is 0 Å². The van der Waals surface area contributed by atoms with E-state index in [1.807, 2.05) is 23.1 Å². The van der Waals surface area contributed by atoms with Crippen LogP contribution in [0.5, 0.6) is 11.5 Å². The molecular weight excluding hydrogens is 308 g/mol. The average molecular weight is 336 g/mol. The predicted octanol–water partition coefficient (Wildman–Crippen LogP) is 1.64. The van der Waals surface area contributed by atoms with Gasteiger partial charge in [0, 0.05) is 38.8 Å². The number of piperazine rings is 1. The van der Waals surface area contributed by atoms with Crippen LogP contribution < -0.4 is 9.47 Å². The Balaban J connectivity index is 1.89. The topological polar surface area (TPSA) is 51.2 Å². The van der Waals surface area contributed by atoms with E-state index in [1.165, 1.54) is 0 Å². The molecule has 1 fully saturated rings. The number of carbonyl (C=O) groups excluding carboxylic acids is 1. The monoisotopic (exact) mass is 336 g/mol. The van der Waals surface area contributed by atoms with E-state index >= 15 is 0 Å². The Bertz CT molecular complexity index is 526. The minimum absolute atomic E-state index is 0.00555. The largest absolute Gasteiger partial charge is 0.493 e. The van der Waals surface area contributed by atoms with E-state index < -0.39 is 0 Å². The molecule has 2 unspecified atom stereocenters. The number of rotatable bonds is 7. The molecule has 2 atom stereocenters. The highest BCUT2D eigenvalue weighted by Gasteiger charge is 2.31. The number of amides is 1. The highest BCUT2D eigenvalue weighted by atomic mass is 16.5. The maximum atomic E-state index is 12.5. The maximum Gasteiger partial charge on any atom is 0.260 e. The summed E-state index contributed by atoms with van der Waals surface area (Å²) >= 11 is 0. The molecule has 1 amide bonds. The lowest BCUT2D eigenvalue weighted by Gasteiger charge is -2.44. The quantitative estimate of drug-likeness (QED) is 0.758. The molecule has 6 heteroatoms. The standard InChI is InChI=1S/C18H28N2O4/c1-14-11-19(12-15(2)20(14)9-10-22-3)18(21)13-24-17-8-6-5-7-16(17)23-4/h5-8,14-15H,9-13H2,1-4H3. The Morgan fingerprint density at radius 2 is 1.75 bits per heavy atom. The summed E-state index contributed by atoms with van der Waals surface area (Å²) in [5, 5.41) is 0. The van der Waals surface area contributed by atoms with Crippen LogP contribution in [0.15, 0.2) is 24.3 Å². The summed E-state index contributed by atoms with van der Waals surface area (Å²) in [7, 11) is 3.30. The van der Waals surface area contributed by atoms with Crippen molar-refractivity contribution in [2.24, 2.45) is 0 Å². The third-order valence-electron chi connectivity index (χ3n) is 4.43. The van der Waals surface area contributed by atoms with Crippen molar-refractivity contribution in [3.8, 4) is 11.5 Å². The fraction of sp³-hybridized carbons (Fsp3) is 0.611. The second-order valence-electron chi connectivity index (χ2n) is 6.17. The molecule has 1 saturated heterocycles. The van der Waals surface area contributed by atoms with Gasteiger partial charge in [-0.15, -0.1) is 0 Å². The lowest BCUT2D eigenvalue weighted by molar-refractivity contribution is -0.138. The summed E-state index contributed by atoms with van der Waals surface area (Å²) in [6.45, 7) is 7.33. The lowest BCUT2D eigenvalue weighted by Crippen LogP contribution is -2.59. The molecule has 0 aliphatic carbocycles. The summed E-state index contributed by atoms with van der Waals surface area (Å²) in [5.74, 6) is 1.23. The third-order valence-corrected chi connectivity index (χ3v) is 4.43. The molecule has 6 nitrogen and oxygen atoms in total. The highest BCUT2D eigenvalue weighted by Crippen LogP contribution is 2.26. The number of benzene rings is 1. The fourth-order valence-electron chi connectivity index (χ4n) is 3.17. The van der Waals surface area contributed by atoms with Crippen molar-refractivity contribution < 1.29 is 19.0 Å². The first-order valence-electron chi connectivity index (χ1n) is 8.35. The molecule has 0 aromatic heterocycles. The molecule has 24 heavy (non-hydrogen) atoms. The van der Waals surface area contributed by atoms with Gasteiger partial charge in [0.25, 0.3) is 5.91 Å². The number of para-hydroxylation sites is 2. The highest BCUT2D eigenvalue weighted by molar-refractivity contribution is 5.78. The SMILES string of the molecule is COCCN1C(C)CN(C(=O)COc2ccccc2OC)CC1C. The second kappa shape index (κ2) is 8.89. The van der Waals surface area contributed by atoms with Crippen molar-refractivity contribution in [2.75, 3.05) is 47.1 Å². The van der Waals surface area contributed by atoms with Crippen molar-refractivity contribution in [3.63, 3.8) is 0 Å². The van der Waals surface area contributed by atoms with Crippen LogP contribution in [0.4, 0.5) is 0 Å². The van der Waals surface area contributed by atoms with Gasteiger partial charge in [-0.1, -0.05) is 12.1 Å². The smallest absolute Gasteiger partial charge is 0.260 e. The fourth-order valence-corrected chi connectivity index (χ4v) is 3.17. The zero-order valence-corrected chi connectivity index (χ0v) is 15.0. The van der Waals surface area contributed by atoms with Gasteiger partial charge in [0.05, 0.1) is 13.7 Å². The molecule has 0 spiro atoms. The zero-order chi connectivity index (χ0) is 17.5. The first-order chi connectivity index (χ1) is 11.6. The van der Waals surface area contributed by atoms with Gasteiger partial charge in [0.2, 0.25) is 0 Å². The Kier molecular flexibility index (Phi) is 6.87. The van der Waals surface area contributed by atoms with Gasteiger partial charge in [0.1, 0.15) is 0 Å². The Labute approximate surface area is 144 Å². The molecule has 0 bridgehead atoms. The van der Waals surface area contributed by atoms with Crippen LogP contribution in [-0.2, 0) is 9.53 Å². The summed E-state index contributed by atoms with van der Waals surface area (Å²) < 4.78 is 16.1. The van der Waals surface area contributed by atoms with Crippen molar-refractivity contribution in [1.29, 1.82) is 0 Å². The Morgan fingerprint density at radius 1 is 1.12 bits per heavy atom. The van der Waals surface area contributed by atoms with Gasteiger partial charge in [-0.3, -0.25) is 9.69 Å². The second-order valence-corrected chi connectivity index (χ2v) is 6.17. The molecular formula is C18H28N2O4. The molecule has 0 N–H and O–H groups in total. The summed E-state index contributed by atoms with van der Waals surface area (Å²) in [4.78, 5) is 16.8. The van der Waals surface area contributed by atoms with E-state index in [0.717, 1.165) is 6.54 Å². The number of nitrogens with zero attached hydrogens (tertiary/aromatic N) is 2. The van der Waals surface area contributed by atoms with Crippen molar-refractivity contribution in [1.82, 2.24) is 9.80 Å². The van der Waals surface area contributed by atoms with Crippen LogP contribution in [0.2, 0.25) is 0 Å². The van der Waals surface area contributed by atoms with E-state index in [2.05, 4.69) is 18.7 Å². The van der Waals surface area contributed by atoms with Crippen LogP contribution in [0.25, 0.3) is 0 Å². The normalized spacial score (nSPS) is 21.6. The first-order valence-corrected chi connectivity index (χ1v) is 8.35. The Morgan fingerprint density at radius 3 is 2.33 bits per heavy atom. The molecule has 1 aliphatic heterocycles. The molecule has 1 aromatic carbocycles. The number of carbonyl (C=O) groups is 1. The first kappa shape index (κ1) is 18.5. The number of methoxy groups -OCH3 is 2. The molecule has 1 aliphatic rings. The van der Waals surface area contributed by atoms with Crippen LogP contribution in [-0.4, -0.2) is 74.9 Å². The molecule has 2 rings (SSSR count). The number of ether oxygens (including phenoxy) is 3. The molecule has 1 heterocycles. The van der Waals surface area contributed by atoms with Crippen LogP contribution in [0.1, 0.15) is 13.8 Å². The van der Waals surface area contributed by atoms with Crippen LogP contribution in [0.3, 0.4) is 0 Å². The minimum atomic E-state index is 0.00555. The summed E-state index contributed by atoms with van der Waals surface area (Å²) in [6, 6.07) is 7.97. The summed E-state index contributed by atoms with van der Waals surface area (Å²) in [5.41, 5.74) is 0. The average Bonchev–Trinajstić information content (AvgIpc) is 2.59.